The van der Waals surface area contributed by atoms with Crippen LogP contribution < -0.4 is 5.73 Å². The van der Waals surface area contributed by atoms with Gasteiger partial charge in [0.25, 0.3) is 0 Å². The molecule has 23 heavy (non-hydrogen) atoms. The topological polar surface area (TPSA) is 73.8 Å². The largest absolute Gasteiger partial charge is 0.370 e. The molecule has 0 aliphatic rings. The quantitative estimate of drug-likeness (QED) is 0.551. The SMILES string of the molecule is Cn1c(CCC(N)=O)nnc1SCCSc1cc(Cl)ccc1Cl. The third kappa shape index (κ3) is 5.60. The van der Waals surface area contributed by atoms with Crippen molar-refractivity contribution in [2.24, 2.45) is 12.8 Å². The fraction of sp³-hybridized carbons (Fsp3) is 0.357. The Morgan fingerprint density at radius 3 is 2.74 bits per heavy atom. The van der Waals surface area contributed by atoms with Gasteiger partial charge in [-0.15, -0.1) is 22.0 Å². The summed E-state index contributed by atoms with van der Waals surface area (Å²) in [7, 11) is 1.89. The Morgan fingerprint density at radius 2 is 2.00 bits per heavy atom. The van der Waals surface area contributed by atoms with E-state index in [0.29, 0.717) is 16.5 Å². The first kappa shape index (κ1) is 18.4. The summed E-state index contributed by atoms with van der Waals surface area (Å²) in [5, 5.41) is 10.4. The van der Waals surface area contributed by atoms with Gasteiger partial charge in [0.15, 0.2) is 5.16 Å². The summed E-state index contributed by atoms with van der Waals surface area (Å²) in [6, 6.07) is 5.44. The van der Waals surface area contributed by atoms with E-state index in [1.54, 1.807) is 35.7 Å². The monoisotopic (exact) mass is 390 g/mol. The number of hydrogen-bond donors (Lipinski definition) is 1. The molecule has 0 fully saturated rings. The number of amides is 1. The summed E-state index contributed by atoms with van der Waals surface area (Å²) in [6.45, 7) is 0. The Bertz CT molecular complexity index is 693. The number of nitrogens with zero attached hydrogens (tertiary/aromatic N) is 3. The summed E-state index contributed by atoms with van der Waals surface area (Å²) in [6.07, 6.45) is 0.784. The van der Waals surface area contributed by atoms with Crippen LogP contribution in [0.3, 0.4) is 0 Å². The van der Waals surface area contributed by atoms with E-state index in [1.165, 1.54) is 0 Å². The van der Waals surface area contributed by atoms with Crippen molar-refractivity contribution in [3.63, 3.8) is 0 Å². The van der Waals surface area contributed by atoms with Crippen LogP contribution in [0.25, 0.3) is 0 Å². The molecule has 5 nitrogen and oxygen atoms in total. The number of rotatable bonds is 8. The predicted molar refractivity (Wildman–Crippen MR) is 96.4 cm³/mol. The smallest absolute Gasteiger partial charge is 0.217 e. The Morgan fingerprint density at radius 1 is 1.26 bits per heavy atom. The molecule has 0 saturated carbocycles. The molecule has 0 aliphatic heterocycles. The highest BCUT2D eigenvalue weighted by molar-refractivity contribution is 8.02. The van der Waals surface area contributed by atoms with E-state index in [1.807, 2.05) is 17.7 Å². The van der Waals surface area contributed by atoms with E-state index in [2.05, 4.69) is 10.2 Å². The lowest BCUT2D eigenvalue weighted by Crippen LogP contribution is -2.12. The molecule has 1 aromatic carbocycles. The molecular weight excluding hydrogens is 375 g/mol. The molecule has 1 amide bonds. The Hall–Kier alpha value is -0.890. The number of hydrogen-bond acceptors (Lipinski definition) is 5. The van der Waals surface area contributed by atoms with Gasteiger partial charge >= 0.3 is 0 Å². The summed E-state index contributed by atoms with van der Waals surface area (Å²) in [5.41, 5.74) is 5.15. The molecule has 2 aromatic rings. The van der Waals surface area contributed by atoms with Crippen molar-refractivity contribution in [2.75, 3.05) is 11.5 Å². The number of carbonyl (C=O) groups is 1. The summed E-state index contributed by atoms with van der Waals surface area (Å²) >= 11 is 15.4. The number of halogens is 2. The Labute approximate surface area is 153 Å². The molecule has 124 valence electrons. The first-order valence-electron chi connectivity index (χ1n) is 6.84. The van der Waals surface area contributed by atoms with E-state index in [9.17, 15) is 4.79 Å². The molecular formula is C14H16Cl2N4OS2. The minimum absolute atomic E-state index is 0.278. The number of aryl methyl sites for hydroxylation is 1. The summed E-state index contributed by atoms with van der Waals surface area (Å²) < 4.78 is 1.89. The van der Waals surface area contributed by atoms with E-state index < -0.39 is 0 Å². The number of primary amides is 1. The van der Waals surface area contributed by atoms with Gasteiger partial charge in [0, 0.05) is 41.3 Å². The van der Waals surface area contributed by atoms with Crippen LogP contribution in [-0.4, -0.2) is 32.2 Å². The number of benzene rings is 1. The van der Waals surface area contributed by atoms with Crippen LogP contribution >= 0.6 is 46.7 Å². The van der Waals surface area contributed by atoms with Crippen LogP contribution in [0.5, 0.6) is 0 Å². The first-order chi connectivity index (χ1) is 11.0. The highest BCUT2D eigenvalue weighted by Crippen LogP contribution is 2.30. The van der Waals surface area contributed by atoms with Crippen LogP contribution in [0.2, 0.25) is 10.0 Å². The Balaban J connectivity index is 1.82. The summed E-state index contributed by atoms with van der Waals surface area (Å²) in [5.74, 6) is 2.15. The zero-order valence-corrected chi connectivity index (χ0v) is 15.6. The number of nitrogens with two attached hydrogens (primary N) is 1. The molecule has 1 aromatic heterocycles. The van der Waals surface area contributed by atoms with Crippen molar-refractivity contribution in [1.82, 2.24) is 14.8 Å². The second-order valence-electron chi connectivity index (χ2n) is 4.70. The maximum absolute atomic E-state index is 10.8. The second-order valence-corrected chi connectivity index (χ2v) is 7.74. The molecule has 9 heteroatoms. The van der Waals surface area contributed by atoms with E-state index >= 15 is 0 Å². The molecule has 1 heterocycles. The lowest BCUT2D eigenvalue weighted by Gasteiger charge is -2.05. The van der Waals surface area contributed by atoms with E-state index in [0.717, 1.165) is 27.4 Å². The highest BCUT2D eigenvalue weighted by Gasteiger charge is 2.10. The van der Waals surface area contributed by atoms with Gasteiger partial charge in [-0.1, -0.05) is 35.0 Å². The second kappa shape index (κ2) is 8.82. The molecule has 0 saturated heterocycles. The molecule has 0 bridgehead atoms. The highest BCUT2D eigenvalue weighted by atomic mass is 35.5. The average Bonchev–Trinajstić information content (AvgIpc) is 2.85. The predicted octanol–water partition coefficient (Wildman–Crippen LogP) is 3.42. The molecule has 0 spiro atoms. The minimum Gasteiger partial charge on any atom is -0.370 e. The standard InChI is InChI=1S/C14H16Cl2N4OS2/c1-20-13(5-4-12(17)21)18-19-14(20)23-7-6-22-11-8-9(15)2-3-10(11)16/h2-3,8H,4-7H2,1H3,(H2,17,21). The zero-order chi connectivity index (χ0) is 16.8. The van der Waals surface area contributed by atoms with Gasteiger partial charge in [0.1, 0.15) is 5.82 Å². The fourth-order valence-corrected chi connectivity index (χ4v) is 4.20. The van der Waals surface area contributed by atoms with E-state index in [-0.39, 0.29) is 12.3 Å². The van der Waals surface area contributed by atoms with Crippen molar-refractivity contribution in [3.8, 4) is 0 Å². The van der Waals surface area contributed by atoms with Crippen molar-refractivity contribution in [2.45, 2.75) is 22.9 Å². The Kier molecular flexibility index (Phi) is 7.08. The van der Waals surface area contributed by atoms with Crippen molar-refractivity contribution in [3.05, 3.63) is 34.1 Å². The van der Waals surface area contributed by atoms with Gasteiger partial charge in [-0.3, -0.25) is 4.79 Å². The third-order valence-corrected chi connectivity index (χ3v) is 6.00. The van der Waals surface area contributed by atoms with Crippen molar-refractivity contribution >= 4 is 52.6 Å². The molecule has 0 unspecified atom stereocenters. The molecule has 0 atom stereocenters. The molecule has 2 N–H and O–H groups in total. The zero-order valence-electron chi connectivity index (χ0n) is 12.5. The average molecular weight is 391 g/mol. The third-order valence-electron chi connectivity index (χ3n) is 2.99. The molecule has 0 aliphatic carbocycles. The fourth-order valence-electron chi connectivity index (χ4n) is 1.80. The normalized spacial score (nSPS) is 10.9. The van der Waals surface area contributed by atoms with Crippen LogP contribution in [0.4, 0.5) is 0 Å². The van der Waals surface area contributed by atoms with Gasteiger partial charge in [-0.25, -0.2) is 0 Å². The van der Waals surface area contributed by atoms with Crippen LogP contribution in [0.15, 0.2) is 28.3 Å². The van der Waals surface area contributed by atoms with Gasteiger partial charge in [0.05, 0.1) is 5.02 Å². The number of carbonyl (C=O) groups excluding carboxylic acids is 1. The van der Waals surface area contributed by atoms with Crippen LogP contribution in [-0.2, 0) is 18.3 Å². The van der Waals surface area contributed by atoms with Crippen LogP contribution in [0, 0.1) is 0 Å². The lowest BCUT2D eigenvalue weighted by molar-refractivity contribution is -0.118. The van der Waals surface area contributed by atoms with Gasteiger partial charge < -0.3 is 10.3 Å². The minimum atomic E-state index is -0.336. The molecule has 2 rings (SSSR count). The van der Waals surface area contributed by atoms with Gasteiger partial charge in [-0.05, 0) is 18.2 Å². The maximum atomic E-state index is 10.8. The van der Waals surface area contributed by atoms with E-state index in [4.69, 9.17) is 28.9 Å². The van der Waals surface area contributed by atoms with Crippen molar-refractivity contribution < 1.29 is 4.79 Å². The van der Waals surface area contributed by atoms with Crippen LogP contribution in [0.1, 0.15) is 12.2 Å². The van der Waals surface area contributed by atoms with Gasteiger partial charge in [-0.2, -0.15) is 0 Å². The first-order valence-corrected chi connectivity index (χ1v) is 9.57. The van der Waals surface area contributed by atoms with Crippen molar-refractivity contribution in [1.29, 1.82) is 0 Å². The number of thioether (sulfide) groups is 2. The lowest BCUT2D eigenvalue weighted by atomic mass is 10.3. The summed E-state index contributed by atoms with van der Waals surface area (Å²) in [4.78, 5) is 11.8. The number of aromatic nitrogens is 3. The molecule has 0 radical (unpaired) electrons. The van der Waals surface area contributed by atoms with Gasteiger partial charge in [0.2, 0.25) is 5.91 Å². The maximum Gasteiger partial charge on any atom is 0.217 e.